The van der Waals surface area contributed by atoms with Gasteiger partial charge in [-0.25, -0.2) is 0 Å². The maximum atomic E-state index is 12.0. The molecule has 0 atom stereocenters. The summed E-state index contributed by atoms with van der Waals surface area (Å²) in [5.74, 6) is 0.00620. The fourth-order valence-corrected chi connectivity index (χ4v) is 2.54. The Hall–Kier alpha value is -1.71. The van der Waals surface area contributed by atoms with Crippen molar-refractivity contribution in [2.75, 3.05) is 25.1 Å². The van der Waals surface area contributed by atoms with Crippen molar-refractivity contribution in [3.8, 4) is 0 Å². The number of hydrogen-bond acceptors (Lipinski definition) is 3. The zero-order chi connectivity index (χ0) is 13.8. The molecule has 0 spiro atoms. The summed E-state index contributed by atoms with van der Waals surface area (Å²) in [6, 6.07) is 5.94. The molecule has 0 heterocycles. The second-order valence-electron chi connectivity index (χ2n) is 5.48. The lowest BCUT2D eigenvalue weighted by Crippen LogP contribution is -2.24. The zero-order valence-corrected chi connectivity index (χ0v) is 11.8. The first kappa shape index (κ1) is 13.7. The lowest BCUT2D eigenvalue weighted by Gasteiger charge is -2.25. The van der Waals surface area contributed by atoms with Crippen LogP contribution in [0.2, 0.25) is 0 Å². The first-order valence-electron chi connectivity index (χ1n) is 6.95. The predicted molar refractivity (Wildman–Crippen MR) is 79.4 cm³/mol. The first-order valence-corrected chi connectivity index (χ1v) is 6.95. The molecular weight excluding hydrogens is 238 g/mol. The third-order valence-electron chi connectivity index (χ3n) is 3.67. The molecule has 1 aromatic carbocycles. The van der Waals surface area contributed by atoms with E-state index in [9.17, 15) is 4.79 Å². The van der Waals surface area contributed by atoms with Gasteiger partial charge in [-0.1, -0.05) is 19.3 Å². The maximum Gasteiger partial charge on any atom is 0.253 e. The van der Waals surface area contributed by atoms with Crippen molar-refractivity contribution < 1.29 is 4.79 Å². The molecule has 0 saturated heterocycles. The Kier molecular flexibility index (Phi) is 4.30. The summed E-state index contributed by atoms with van der Waals surface area (Å²) in [6.45, 7) is 0. The van der Waals surface area contributed by atoms with E-state index in [1.54, 1.807) is 25.1 Å². The molecule has 4 nitrogen and oxygen atoms in total. The van der Waals surface area contributed by atoms with Gasteiger partial charge in [0.15, 0.2) is 0 Å². The average Bonchev–Trinajstić information content (AvgIpc) is 2.41. The minimum absolute atomic E-state index is 0.00620. The molecular formula is C15H23N3O. The van der Waals surface area contributed by atoms with Gasteiger partial charge in [0.2, 0.25) is 0 Å². The summed E-state index contributed by atoms with van der Waals surface area (Å²) in [4.78, 5) is 13.5. The van der Waals surface area contributed by atoms with Crippen molar-refractivity contribution in [2.24, 2.45) is 0 Å². The van der Waals surface area contributed by atoms with Crippen LogP contribution >= 0.6 is 0 Å². The SMILES string of the molecule is CN(C)C(=O)c1ccc(N)c(NC2CCCCC2)c1. The van der Waals surface area contributed by atoms with Crippen LogP contribution in [0.3, 0.4) is 0 Å². The number of anilines is 2. The molecule has 1 amide bonds. The fraction of sp³-hybridized carbons (Fsp3) is 0.533. The third-order valence-corrected chi connectivity index (χ3v) is 3.67. The Labute approximate surface area is 115 Å². The highest BCUT2D eigenvalue weighted by molar-refractivity contribution is 5.95. The van der Waals surface area contributed by atoms with Crippen LogP contribution in [0.15, 0.2) is 18.2 Å². The molecule has 1 aliphatic rings. The quantitative estimate of drug-likeness (QED) is 0.822. The van der Waals surface area contributed by atoms with Crippen LogP contribution in [0.4, 0.5) is 11.4 Å². The topological polar surface area (TPSA) is 58.4 Å². The van der Waals surface area contributed by atoms with Gasteiger partial charge in [0, 0.05) is 25.7 Å². The summed E-state index contributed by atoms with van der Waals surface area (Å²) in [5, 5.41) is 3.49. The normalized spacial score (nSPS) is 16.1. The van der Waals surface area contributed by atoms with E-state index < -0.39 is 0 Å². The Bertz CT molecular complexity index is 451. The lowest BCUT2D eigenvalue weighted by atomic mass is 9.95. The number of nitrogens with one attached hydrogen (secondary N) is 1. The average molecular weight is 261 g/mol. The Morgan fingerprint density at radius 2 is 1.95 bits per heavy atom. The van der Waals surface area contributed by atoms with Gasteiger partial charge in [-0.3, -0.25) is 4.79 Å². The fourth-order valence-electron chi connectivity index (χ4n) is 2.54. The molecule has 104 valence electrons. The standard InChI is InChI=1S/C15H23N3O/c1-18(2)15(19)11-8-9-13(16)14(10-11)17-12-6-4-3-5-7-12/h8-10,12,17H,3-7,16H2,1-2H3. The Balaban J connectivity index is 2.14. The number of amides is 1. The number of rotatable bonds is 3. The smallest absolute Gasteiger partial charge is 0.253 e. The van der Waals surface area contributed by atoms with E-state index in [0.29, 0.717) is 17.3 Å². The van der Waals surface area contributed by atoms with Gasteiger partial charge >= 0.3 is 0 Å². The number of benzene rings is 1. The molecule has 1 fully saturated rings. The third kappa shape index (κ3) is 3.40. The molecule has 0 bridgehead atoms. The number of hydrogen-bond donors (Lipinski definition) is 2. The van der Waals surface area contributed by atoms with Crippen molar-refractivity contribution in [3.63, 3.8) is 0 Å². The number of nitrogens with zero attached hydrogens (tertiary/aromatic N) is 1. The highest BCUT2D eigenvalue weighted by atomic mass is 16.2. The van der Waals surface area contributed by atoms with Gasteiger partial charge in [-0.15, -0.1) is 0 Å². The van der Waals surface area contributed by atoms with Crippen LogP contribution in [0.1, 0.15) is 42.5 Å². The van der Waals surface area contributed by atoms with Crippen LogP contribution in [0.25, 0.3) is 0 Å². The molecule has 0 aromatic heterocycles. The highest BCUT2D eigenvalue weighted by Crippen LogP contribution is 2.26. The Morgan fingerprint density at radius 3 is 2.58 bits per heavy atom. The highest BCUT2D eigenvalue weighted by Gasteiger charge is 2.15. The minimum Gasteiger partial charge on any atom is -0.397 e. The van der Waals surface area contributed by atoms with Crippen LogP contribution < -0.4 is 11.1 Å². The van der Waals surface area contributed by atoms with Crippen molar-refractivity contribution in [2.45, 2.75) is 38.1 Å². The second kappa shape index (κ2) is 5.95. The molecule has 1 saturated carbocycles. The second-order valence-corrected chi connectivity index (χ2v) is 5.48. The van der Waals surface area contributed by atoms with Gasteiger partial charge in [0.05, 0.1) is 11.4 Å². The first-order chi connectivity index (χ1) is 9.08. The molecule has 19 heavy (non-hydrogen) atoms. The summed E-state index contributed by atoms with van der Waals surface area (Å²) in [6.07, 6.45) is 6.24. The molecule has 2 rings (SSSR count). The van der Waals surface area contributed by atoms with E-state index in [-0.39, 0.29) is 5.91 Å². The molecule has 0 unspecified atom stereocenters. The molecule has 1 aromatic rings. The molecule has 4 heteroatoms. The molecule has 0 radical (unpaired) electrons. The molecule has 1 aliphatic carbocycles. The van der Waals surface area contributed by atoms with E-state index in [1.165, 1.54) is 32.1 Å². The number of carbonyl (C=O) groups excluding carboxylic acids is 1. The van der Waals surface area contributed by atoms with E-state index >= 15 is 0 Å². The van der Waals surface area contributed by atoms with Gasteiger partial charge in [0.25, 0.3) is 5.91 Å². The van der Waals surface area contributed by atoms with Crippen LogP contribution in [-0.2, 0) is 0 Å². The van der Waals surface area contributed by atoms with Crippen molar-refractivity contribution in [1.82, 2.24) is 4.90 Å². The minimum atomic E-state index is 0.00620. The van der Waals surface area contributed by atoms with Crippen LogP contribution in [0.5, 0.6) is 0 Å². The van der Waals surface area contributed by atoms with Crippen molar-refractivity contribution in [3.05, 3.63) is 23.8 Å². The van der Waals surface area contributed by atoms with E-state index in [4.69, 9.17) is 5.73 Å². The number of nitrogens with two attached hydrogens (primary N) is 1. The van der Waals surface area contributed by atoms with Gasteiger partial charge in [-0.05, 0) is 31.0 Å². The maximum absolute atomic E-state index is 12.0. The van der Waals surface area contributed by atoms with Gasteiger partial charge in [-0.2, -0.15) is 0 Å². The van der Waals surface area contributed by atoms with E-state index in [0.717, 1.165) is 5.69 Å². The Morgan fingerprint density at radius 1 is 1.26 bits per heavy atom. The summed E-state index contributed by atoms with van der Waals surface area (Å²) < 4.78 is 0. The zero-order valence-electron chi connectivity index (χ0n) is 11.8. The molecule has 3 N–H and O–H groups in total. The van der Waals surface area contributed by atoms with Crippen LogP contribution in [0, 0.1) is 0 Å². The summed E-state index contributed by atoms with van der Waals surface area (Å²) in [5.41, 5.74) is 8.27. The predicted octanol–water partition coefficient (Wildman–Crippen LogP) is 2.72. The largest absolute Gasteiger partial charge is 0.397 e. The molecule has 0 aliphatic heterocycles. The van der Waals surface area contributed by atoms with Crippen LogP contribution in [-0.4, -0.2) is 30.9 Å². The van der Waals surface area contributed by atoms with Crippen molar-refractivity contribution in [1.29, 1.82) is 0 Å². The van der Waals surface area contributed by atoms with E-state index in [1.807, 2.05) is 12.1 Å². The lowest BCUT2D eigenvalue weighted by molar-refractivity contribution is 0.0827. The summed E-state index contributed by atoms with van der Waals surface area (Å²) in [7, 11) is 3.51. The van der Waals surface area contributed by atoms with Crippen molar-refractivity contribution >= 4 is 17.3 Å². The van der Waals surface area contributed by atoms with Gasteiger partial charge < -0.3 is 16.0 Å². The number of carbonyl (C=O) groups is 1. The summed E-state index contributed by atoms with van der Waals surface area (Å²) >= 11 is 0. The van der Waals surface area contributed by atoms with E-state index in [2.05, 4.69) is 5.32 Å². The number of nitrogen functional groups attached to an aromatic ring is 1. The van der Waals surface area contributed by atoms with Gasteiger partial charge in [0.1, 0.15) is 0 Å². The monoisotopic (exact) mass is 261 g/mol.